The number of nitrogens with zero attached hydrogens (tertiary/aromatic N) is 2. The van der Waals surface area contributed by atoms with Crippen LogP contribution in [0.2, 0.25) is 5.02 Å². The van der Waals surface area contributed by atoms with Crippen LogP contribution < -0.4 is 4.84 Å². The summed E-state index contributed by atoms with van der Waals surface area (Å²) in [5, 5.41) is 3.74. The molecule has 0 radical (unpaired) electrons. The van der Waals surface area contributed by atoms with Gasteiger partial charge in [0.1, 0.15) is 5.56 Å². The van der Waals surface area contributed by atoms with Crippen molar-refractivity contribution in [3.8, 4) is 5.75 Å². The third kappa shape index (κ3) is 2.59. The van der Waals surface area contributed by atoms with Crippen LogP contribution in [0.1, 0.15) is 11.3 Å². The lowest BCUT2D eigenvalue weighted by Crippen LogP contribution is -2.14. The van der Waals surface area contributed by atoms with E-state index in [1.807, 2.05) is 0 Å². The summed E-state index contributed by atoms with van der Waals surface area (Å²) >= 11 is 5.56. The Hall–Kier alpha value is -1.69. The lowest BCUT2D eigenvalue weighted by Gasteiger charge is -2.13. The van der Waals surface area contributed by atoms with Gasteiger partial charge in [0.05, 0.1) is 11.9 Å². The molecule has 0 fully saturated rings. The second-order valence-electron chi connectivity index (χ2n) is 3.58. The molecule has 1 aromatic carbocycles. The van der Waals surface area contributed by atoms with Crippen molar-refractivity contribution in [2.75, 3.05) is 0 Å². The average Bonchev–Trinajstić information content (AvgIpc) is 2.66. The van der Waals surface area contributed by atoms with Crippen molar-refractivity contribution >= 4 is 11.6 Å². The number of aryl methyl sites for hydroxylation is 1. The normalized spacial score (nSPS) is 11.6. The first-order chi connectivity index (χ1) is 8.38. The van der Waals surface area contributed by atoms with E-state index in [-0.39, 0.29) is 10.8 Å². The van der Waals surface area contributed by atoms with E-state index in [0.717, 1.165) is 17.0 Å². The van der Waals surface area contributed by atoms with Gasteiger partial charge in [0.15, 0.2) is 5.75 Å². The van der Waals surface area contributed by atoms with Crippen LogP contribution in [0.4, 0.5) is 13.2 Å². The third-order valence-corrected chi connectivity index (χ3v) is 2.46. The van der Waals surface area contributed by atoms with Crippen molar-refractivity contribution in [2.24, 2.45) is 0 Å². The summed E-state index contributed by atoms with van der Waals surface area (Å²) in [4.78, 5) is 6.10. The largest absolute Gasteiger partial charge is 0.420 e. The third-order valence-electron chi connectivity index (χ3n) is 2.22. The molecular weight excluding hydrogens is 269 g/mol. The molecule has 1 aromatic heterocycles. The molecule has 0 unspecified atom stereocenters. The fraction of sp³-hybridized carbons (Fsp3) is 0.182. The van der Waals surface area contributed by atoms with Crippen LogP contribution in [-0.2, 0) is 6.18 Å². The van der Waals surface area contributed by atoms with E-state index in [2.05, 4.69) is 5.10 Å². The Bertz CT molecular complexity index is 566. The summed E-state index contributed by atoms with van der Waals surface area (Å²) in [6, 6.07) is 4.91. The Morgan fingerprint density at radius 2 is 2.00 bits per heavy atom. The maximum absolute atomic E-state index is 12.8. The zero-order valence-corrected chi connectivity index (χ0v) is 9.96. The summed E-state index contributed by atoms with van der Waals surface area (Å²) < 4.78 is 38.4. The Labute approximate surface area is 106 Å². The van der Waals surface area contributed by atoms with Crippen LogP contribution in [0.3, 0.4) is 0 Å². The van der Waals surface area contributed by atoms with Crippen LogP contribution in [-0.4, -0.2) is 9.94 Å². The highest BCUT2D eigenvalue weighted by molar-refractivity contribution is 6.30. The number of hydrogen-bond acceptors (Lipinski definition) is 2. The number of rotatable bonds is 2. The maximum atomic E-state index is 12.8. The van der Waals surface area contributed by atoms with Gasteiger partial charge < -0.3 is 4.84 Å². The van der Waals surface area contributed by atoms with Crippen molar-refractivity contribution in [1.82, 2.24) is 9.94 Å². The van der Waals surface area contributed by atoms with Crippen LogP contribution in [0, 0.1) is 6.92 Å². The Balaban J connectivity index is 2.42. The lowest BCUT2D eigenvalue weighted by molar-refractivity contribution is -0.139. The standard InChI is InChI=1S/C11H8ClF3N2O/c1-7-4-5-16-17(7)18-10-3-2-8(12)6-9(10)11(13,14)15/h2-6H,1H3. The number of alkyl halides is 3. The molecule has 1 heterocycles. The molecule has 0 aliphatic carbocycles. The number of aromatic nitrogens is 2. The van der Waals surface area contributed by atoms with Gasteiger partial charge >= 0.3 is 6.18 Å². The Morgan fingerprint density at radius 1 is 1.28 bits per heavy atom. The van der Waals surface area contributed by atoms with E-state index in [1.165, 1.54) is 12.3 Å². The minimum atomic E-state index is -4.54. The van der Waals surface area contributed by atoms with Crippen molar-refractivity contribution in [3.63, 3.8) is 0 Å². The van der Waals surface area contributed by atoms with Gasteiger partial charge in [-0.15, -0.1) is 5.10 Å². The highest BCUT2D eigenvalue weighted by Gasteiger charge is 2.35. The van der Waals surface area contributed by atoms with Gasteiger partial charge in [-0.05, 0) is 31.2 Å². The Morgan fingerprint density at radius 3 is 2.56 bits per heavy atom. The van der Waals surface area contributed by atoms with Gasteiger partial charge in [-0.2, -0.15) is 13.2 Å². The Kier molecular flexibility index (Phi) is 3.21. The van der Waals surface area contributed by atoms with Crippen LogP contribution in [0.25, 0.3) is 0 Å². The molecule has 0 amide bonds. The van der Waals surface area contributed by atoms with Crippen LogP contribution >= 0.6 is 11.6 Å². The van der Waals surface area contributed by atoms with Crippen LogP contribution in [0.15, 0.2) is 30.5 Å². The fourth-order valence-electron chi connectivity index (χ4n) is 1.35. The van der Waals surface area contributed by atoms with Gasteiger partial charge in [-0.3, -0.25) is 0 Å². The minimum absolute atomic E-state index is 0.00753. The highest BCUT2D eigenvalue weighted by Crippen LogP contribution is 2.37. The molecule has 0 saturated heterocycles. The second-order valence-corrected chi connectivity index (χ2v) is 4.01. The van der Waals surface area contributed by atoms with E-state index in [4.69, 9.17) is 16.4 Å². The molecular formula is C11H8ClF3N2O. The molecule has 0 saturated carbocycles. The molecule has 3 nitrogen and oxygen atoms in total. The predicted octanol–water partition coefficient (Wildman–Crippen LogP) is 3.71. The van der Waals surface area contributed by atoms with Crippen LogP contribution in [0.5, 0.6) is 5.75 Å². The summed E-state index contributed by atoms with van der Waals surface area (Å²) in [6.07, 6.45) is -3.11. The highest BCUT2D eigenvalue weighted by atomic mass is 35.5. The monoisotopic (exact) mass is 276 g/mol. The first-order valence-electron chi connectivity index (χ1n) is 4.93. The second kappa shape index (κ2) is 4.53. The van der Waals surface area contributed by atoms with E-state index >= 15 is 0 Å². The van der Waals surface area contributed by atoms with Gasteiger partial charge in [-0.25, -0.2) is 0 Å². The van der Waals surface area contributed by atoms with Crippen molar-refractivity contribution < 1.29 is 18.0 Å². The number of halogens is 4. The molecule has 2 aromatic rings. The first kappa shape index (κ1) is 12.8. The predicted molar refractivity (Wildman–Crippen MR) is 59.4 cm³/mol. The molecule has 0 bridgehead atoms. The molecule has 96 valence electrons. The molecule has 0 aliphatic heterocycles. The summed E-state index contributed by atoms with van der Waals surface area (Å²) in [5.41, 5.74) is -0.358. The molecule has 2 rings (SSSR count). The minimum Gasteiger partial charge on any atom is -0.357 e. The SMILES string of the molecule is Cc1ccnn1Oc1ccc(Cl)cc1C(F)(F)F. The number of benzene rings is 1. The molecule has 0 spiro atoms. The molecule has 7 heteroatoms. The van der Waals surface area contributed by atoms with Crippen molar-refractivity contribution in [1.29, 1.82) is 0 Å². The summed E-state index contributed by atoms with van der Waals surface area (Å²) in [5.74, 6) is -0.348. The molecule has 0 atom stereocenters. The molecule has 0 N–H and O–H groups in total. The van der Waals surface area contributed by atoms with Gasteiger partial charge in [0.2, 0.25) is 0 Å². The molecule has 18 heavy (non-hydrogen) atoms. The van der Waals surface area contributed by atoms with Crippen molar-refractivity contribution in [3.05, 3.63) is 46.7 Å². The van der Waals surface area contributed by atoms with E-state index in [9.17, 15) is 13.2 Å². The van der Waals surface area contributed by atoms with Gasteiger partial charge in [-0.1, -0.05) is 16.4 Å². The zero-order chi connectivity index (χ0) is 13.3. The summed E-state index contributed by atoms with van der Waals surface area (Å²) in [6.45, 7) is 1.66. The molecule has 0 aliphatic rings. The van der Waals surface area contributed by atoms with E-state index in [0.29, 0.717) is 5.69 Å². The summed E-state index contributed by atoms with van der Waals surface area (Å²) in [7, 11) is 0. The van der Waals surface area contributed by atoms with Crippen molar-refractivity contribution in [2.45, 2.75) is 13.1 Å². The fourth-order valence-corrected chi connectivity index (χ4v) is 1.52. The van der Waals surface area contributed by atoms with Gasteiger partial charge in [0.25, 0.3) is 0 Å². The number of hydrogen-bond donors (Lipinski definition) is 0. The van der Waals surface area contributed by atoms with E-state index < -0.39 is 11.7 Å². The van der Waals surface area contributed by atoms with E-state index in [1.54, 1.807) is 13.0 Å². The topological polar surface area (TPSA) is 27.1 Å². The first-order valence-corrected chi connectivity index (χ1v) is 5.31. The maximum Gasteiger partial charge on any atom is 0.420 e. The van der Waals surface area contributed by atoms with Gasteiger partial charge in [0, 0.05) is 5.02 Å². The average molecular weight is 277 g/mol. The lowest BCUT2D eigenvalue weighted by atomic mass is 10.2. The smallest absolute Gasteiger partial charge is 0.357 e. The zero-order valence-electron chi connectivity index (χ0n) is 9.20. The quantitative estimate of drug-likeness (QED) is 0.836.